The lowest BCUT2D eigenvalue weighted by Crippen LogP contribution is -2.68. The molecule has 1 aromatic heterocycles. The van der Waals surface area contributed by atoms with E-state index in [9.17, 15) is 0 Å². The smallest absolute Gasteiger partial charge is 0.421 e. The molecule has 1 aromatic carbocycles. The summed E-state index contributed by atoms with van der Waals surface area (Å²) in [5.74, 6) is 0.829. The fraction of sp³-hybridized carbons (Fsp3) is 0.571. The highest BCUT2D eigenvalue weighted by atomic mass is 32.3. The standard InChI is InChI=1S/C21H33N7.H2O4S/c1-4-27(14-18-28-15-11-26(12-16-28)13-17-28)20-7-5-19(6-8-20)22-23-21-24(2)9-10-25(21)3;1-5(2,3)4/h5-10H,4,11-18H2,1-3H3;(H2,1,2,3,4)/q+2;/p-2. The van der Waals surface area contributed by atoms with Gasteiger partial charge in [0.05, 0.1) is 59.2 Å². The van der Waals surface area contributed by atoms with Gasteiger partial charge in [-0.1, -0.05) is 5.11 Å². The highest BCUT2D eigenvalue weighted by Crippen LogP contribution is 2.23. The Balaban J connectivity index is 0.000000555. The predicted octanol–water partition coefficient (Wildman–Crippen LogP) is 0.899. The average molecular weight is 480 g/mol. The van der Waals surface area contributed by atoms with Crippen LogP contribution in [0.25, 0.3) is 0 Å². The summed E-state index contributed by atoms with van der Waals surface area (Å²) in [6, 6.07) is 8.49. The number of quaternary nitrogens is 1. The van der Waals surface area contributed by atoms with Crippen LogP contribution in [0.3, 0.4) is 0 Å². The number of likely N-dealkylation sites (N-methyl/N-ethyl adjacent to an activating group) is 1. The van der Waals surface area contributed by atoms with Crippen LogP contribution in [0, 0.1) is 0 Å². The van der Waals surface area contributed by atoms with Crippen molar-refractivity contribution in [3.05, 3.63) is 36.7 Å². The normalized spacial score (nSPS) is 22.3. The highest BCUT2D eigenvalue weighted by molar-refractivity contribution is 7.79. The summed E-state index contributed by atoms with van der Waals surface area (Å²) in [5, 5.41) is 8.79. The number of benzene rings is 1. The number of hydrogen-bond acceptors (Lipinski definition) is 8. The van der Waals surface area contributed by atoms with Gasteiger partial charge in [-0.25, -0.2) is 9.13 Å². The topological polar surface area (TPSA) is 120 Å². The van der Waals surface area contributed by atoms with Crippen molar-refractivity contribution in [1.29, 1.82) is 0 Å². The van der Waals surface area contributed by atoms with Crippen LogP contribution < -0.4 is 9.47 Å². The molecule has 2 aromatic rings. The van der Waals surface area contributed by atoms with Crippen molar-refractivity contribution < 1.29 is 26.6 Å². The zero-order valence-electron chi connectivity index (χ0n) is 19.5. The first-order valence-electron chi connectivity index (χ1n) is 11.1. The Morgan fingerprint density at radius 1 is 1.09 bits per heavy atom. The van der Waals surface area contributed by atoms with E-state index in [-0.39, 0.29) is 0 Å². The van der Waals surface area contributed by atoms with E-state index >= 15 is 0 Å². The van der Waals surface area contributed by atoms with Crippen molar-refractivity contribution in [2.75, 3.05) is 63.8 Å². The van der Waals surface area contributed by atoms with Gasteiger partial charge in [-0.3, -0.25) is 13.3 Å². The fourth-order valence-electron chi connectivity index (χ4n) is 4.43. The quantitative estimate of drug-likeness (QED) is 0.191. The number of anilines is 1. The van der Waals surface area contributed by atoms with E-state index in [0.29, 0.717) is 0 Å². The molecule has 12 heteroatoms. The monoisotopic (exact) mass is 479 g/mol. The molecule has 33 heavy (non-hydrogen) atoms. The largest absolute Gasteiger partial charge is 0.759 e. The van der Waals surface area contributed by atoms with Crippen LogP contribution in [-0.2, 0) is 24.5 Å². The molecule has 3 aliphatic rings. The molecule has 0 aliphatic carbocycles. The van der Waals surface area contributed by atoms with Gasteiger partial charge in [0.2, 0.25) is 0 Å². The number of imidazole rings is 1. The molecule has 0 amide bonds. The molecular weight excluding hydrogens is 446 g/mol. The summed E-state index contributed by atoms with van der Waals surface area (Å²) < 4.78 is 39.3. The molecule has 0 radical (unpaired) electrons. The van der Waals surface area contributed by atoms with E-state index in [1.54, 1.807) is 0 Å². The van der Waals surface area contributed by atoms with Gasteiger partial charge in [0.1, 0.15) is 5.69 Å². The summed E-state index contributed by atoms with van der Waals surface area (Å²) in [5.41, 5.74) is 2.16. The maximum atomic E-state index is 8.52. The Morgan fingerprint density at radius 2 is 1.67 bits per heavy atom. The van der Waals surface area contributed by atoms with Crippen LogP contribution in [0.1, 0.15) is 6.92 Å². The lowest BCUT2D eigenvalue weighted by atomic mass is 10.1. The number of hydrogen-bond donors (Lipinski definition) is 0. The molecule has 0 spiro atoms. The average Bonchev–Trinajstić information content (AvgIpc) is 3.11. The van der Waals surface area contributed by atoms with Gasteiger partial charge >= 0.3 is 5.95 Å². The summed E-state index contributed by atoms with van der Waals surface area (Å²) in [7, 11) is -1.21. The zero-order valence-corrected chi connectivity index (χ0v) is 20.3. The highest BCUT2D eigenvalue weighted by Gasteiger charge is 2.38. The van der Waals surface area contributed by atoms with Crippen molar-refractivity contribution in [2.24, 2.45) is 24.3 Å². The van der Waals surface area contributed by atoms with Gasteiger partial charge in [-0.15, -0.1) is 0 Å². The third kappa shape index (κ3) is 7.30. The Kier molecular flexibility index (Phi) is 8.19. The minimum atomic E-state index is -5.17. The van der Waals surface area contributed by atoms with Gasteiger partial charge in [0.25, 0.3) is 0 Å². The molecule has 5 rings (SSSR count). The van der Waals surface area contributed by atoms with Gasteiger partial charge in [0, 0.05) is 47.4 Å². The Labute approximate surface area is 195 Å². The minimum Gasteiger partial charge on any atom is -0.759 e. The molecule has 11 nitrogen and oxygen atoms in total. The fourth-order valence-corrected chi connectivity index (χ4v) is 4.43. The van der Waals surface area contributed by atoms with E-state index in [0.717, 1.165) is 24.7 Å². The number of piperazine rings is 3. The Bertz CT molecular complexity index is 1000. The Hall–Kier alpha value is -2.38. The third-order valence-corrected chi connectivity index (χ3v) is 6.51. The lowest BCUT2D eigenvalue weighted by molar-refractivity contribution is -0.939. The molecule has 3 fully saturated rings. The molecule has 0 unspecified atom stereocenters. The molecule has 3 saturated heterocycles. The summed E-state index contributed by atoms with van der Waals surface area (Å²) in [6.07, 6.45) is 3.95. The van der Waals surface area contributed by atoms with Crippen LogP contribution in [0.15, 0.2) is 46.9 Å². The molecular formula is C21H33N7O4S. The van der Waals surface area contributed by atoms with Gasteiger partial charge in [-0.05, 0) is 31.2 Å². The number of aromatic nitrogens is 2. The van der Waals surface area contributed by atoms with E-state index in [1.165, 1.54) is 56.0 Å². The predicted molar refractivity (Wildman–Crippen MR) is 122 cm³/mol. The van der Waals surface area contributed by atoms with Crippen molar-refractivity contribution >= 4 is 27.7 Å². The molecule has 0 atom stereocenters. The second kappa shape index (κ2) is 10.7. The molecule has 4 heterocycles. The number of fused-ring (bicyclic) bond motifs is 3. The van der Waals surface area contributed by atoms with Crippen LogP contribution in [0.4, 0.5) is 17.3 Å². The van der Waals surface area contributed by atoms with Crippen LogP contribution >= 0.6 is 0 Å². The minimum absolute atomic E-state index is 0.829. The molecule has 0 saturated carbocycles. The zero-order chi connectivity index (χ0) is 24.1. The lowest BCUT2D eigenvalue weighted by Gasteiger charge is -2.51. The second-order valence-corrected chi connectivity index (χ2v) is 9.42. The Morgan fingerprint density at radius 3 is 2.15 bits per heavy atom. The molecule has 0 N–H and O–H groups in total. The first kappa shape index (κ1) is 25.2. The van der Waals surface area contributed by atoms with Crippen LogP contribution in [-0.4, -0.2) is 90.4 Å². The van der Waals surface area contributed by atoms with Crippen molar-refractivity contribution in [2.45, 2.75) is 6.92 Å². The maximum Gasteiger partial charge on any atom is 0.421 e. The SMILES string of the molecule is CCN(CC[N+]12CCN(CC1)CC2)c1ccc(/N=N/c2n(C)cc[n+]2C)cc1.O=S(=O)([O-])[O-]. The van der Waals surface area contributed by atoms with E-state index in [4.69, 9.17) is 17.5 Å². The first-order chi connectivity index (χ1) is 15.6. The van der Waals surface area contributed by atoms with Gasteiger partial charge in [0.15, 0.2) is 0 Å². The van der Waals surface area contributed by atoms with E-state index in [2.05, 4.69) is 51.2 Å². The van der Waals surface area contributed by atoms with E-state index in [1.807, 2.05) is 35.6 Å². The van der Waals surface area contributed by atoms with Gasteiger partial charge < -0.3 is 18.5 Å². The molecule has 3 aliphatic heterocycles. The second-order valence-electron chi connectivity index (χ2n) is 8.60. The molecule has 2 bridgehead atoms. The summed E-state index contributed by atoms with van der Waals surface area (Å²) in [4.78, 5) is 5.10. The van der Waals surface area contributed by atoms with Crippen molar-refractivity contribution in [3.63, 3.8) is 0 Å². The van der Waals surface area contributed by atoms with Crippen molar-refractivity contribution in [1.82, 2.24) is 9.47 Å². The van der Waals surface area contributed by atoms with Crippen molar-refractivity contribution in [3.8, 4) is 0 Å². The summed E-state index contributed by atoms with van der Waals surface area (Å²) >= 11 is 0. The van der Waals surface area contributed by atoms with Crippen LogP contribution in [0.5, 0.6) is 0 Å². The van der Waals surface area contributed by atoms with E-state index < -0.39 is 10.4 Å². The third-order valence-electron chi connectivity index (χ3n) is 6.51. The number of aryl methyl sites for hydroxylation is 2. The van der Waals surface area contributed by atoms with Gasteiger partial charge in [-0.2, -0.15) is 0 Å². The number of nitrogens with zero attached hydrogens (tertiary/aromatic N) is 7. The van der Waals surface area contributed by atoms with Crippen LogP contribution in [0.2, 0.25) is 0 Å². The first-order valence-corrected chi connectivity index (χ1v) is 12.4. The number of azo groups is 1. The number of rotatable bonds is 7. The summed E-state index contributed by atoms with van der Waals surface area (Å²) in [6.45, 7) is 13.5. The maximum absolute atomic E-state index is 8.52. The molecule has 182 valence electrons.